The van der Waals surface area contributed by atoms with Crippen molar-refractivity contribution in [2.75, 3.05) is 6.54 Å². The van der Waals surface area contributed by atoms with Crippen molar-refractivity contribution in [1.82, 2.24) is 15.3 Å². The summed E-state index contributed by atoms with van der Waals surface area (Å²) in [6.45, 7) is 4.25. The number of rotatable bonds is 3. The van der Waals surface area contributed by atoms with Crippen molar-refractivity contribution in [1.29, 1.82) is 0 Å². The zero-order valence-corrected chi connectivity index (χ0v) is 10.7. The van der Waals surface area contributed by atoms with Gasteiger partial charge in [0, 0.05) is 18.8 Å². The van der Waals surface area contributed by atoms with Crippen LogP contribution < -0.4 is 11.3 Å². The molecule has 3 N–H and O–H groups in total. The highest BCUT2D eigenvalue weighted by atomic mass is 16.2. The first-order valence-electron chi connectivity index (χ1n) is 6.40. The summed E-state index contributed by atoms with van der Waals surface area (Å²) < 4.78 is 0. The van der Waals surface area contributed by atoms with Gasteiger partial charge in [-0.3, -0.25) is 20.1 Å². The smallest absolute Gasteiger partial charge is 0.266 e. The summed E-state index contributed by atoms with van der Waals surface area (Å²) in [5.74, 6) is 4.77. The van der Waals surface area contributed by atoms with E-state index in [2.05, 4.69) is 22.2 Å². The van der Waals surface area contributed by atoms with Gasteiger partial charge in [-0.05, 0) is 38.4 Å². The highest BCUT2D eigenvalue weighted by molar-refractivity contribution is 5.93. The Hall–Kier alpha value is -1.46. The van der Waals surface area contributed by atoms with Crippen molar-refractivity contribution in [3.05, 3.63) is 29.6 Å². The summed E-state index contributed by atoms with van der Waals surface area (Å²) in [7, 11) is 0. The van der Waals surface area contributed by atoms with E-state index in [0.29, 0.717) is 11.6 Å². The molecule has 5 nitrogen and oxygen atoms in total. The lowest BCUT2D eigenvalue weighted by molar-refractivity contribution is 0.0953. The second-order valence-electron chi connectivity index (χ2n) is 4.83. The van der Waals surface area contributed by atoms with Gasteiger partial charge in [0.1, 0.15) is 0 Å². The summed E-state index contributed by atoms with van der Waals surface area (Å²) in [6.07, 6.45) is 5.42. The number of carbonyl (C=O) groups excluding carboxylic acids is 1. The molecule has 0 radical (unpaired) electrons. The topological polar surface area (TPSA) is 71.2 Å². The van der Waals surface area contributed by atoms with E-state index in [1.807, 2.05) is 6.07 Å². The van der Waals surface area contributed by atoms with Gasteiger partial charge in [0.15, 0.2) is 0 Å². The largest absolute Gasteiger partial charge is 0.295 e. The SMILES string of the molecule is CC1CCCCN1Cc1ccc(C(=O)NN)cn1. The average Bonchev–Trinajstić information content (AvgIpc) is 2.41. The second kappa shape index (κ2) is 5.93. The lowest BCUT2D eigenvalue weighted by Crippen LogP contribution is -2.37. The van der Waals surface area contributed by atoms with E-state index in [1.54, 1.807) is 12.3 Å². The predicted molar refractivity (Wildman–Crippen MR) is 69.6 cm³/mol. The first-order chi connectivity index (χ1) is 8.70. The fourth-order valence-corrected chi connectivity index (χ4v) is 2.34. The van der Waals surface area contributed by atoms with Crippen molar-refractivity contribution in [2.45, 2.75) is 38.8 Å². The van der Waals surface area contributed by atoms with Crippen molar-refractivity contribution < 1.29 is 4.79 Å². The maximum absolute atomic E-state index is 11.3. The van der Waals surface area contributed by atoms with Gasteiger partial charge in [0.25, 0.3) is 5.91 Å². The molecule has 1 fully saturated rings. The molecule has 1 unspecified atom stereocenters. The Balaban J connectivity index is 1.99. The first kappa shape index (κ1) is 13.0. The number of nitrogens with one attached hydrogen (secondary N) is 1. The normalized spacial score (nSPS) is 20.7. The molecule has 1 aromatic rings. The van der Waals surface area contributed by atoms with Gasteiger partial charge in [-0.15, -0.1) is 0 Å². The Morgan fingerprint density at radius 3 is 3.00 bits per heavy atom. The molecular weight excluding hydrogens is 228 g/mol. The predicted octanol–water partition coefficient (Wildman–Crippen LogP) is 1.06. The first-order valence-corrected chi connectivity index (χ1v) is 6.40. The lowest BCUT2D eigenvalue weighted by atomic mass is 10.0. The molecule has 1 aliphatic heterocycles. The number of hydrogen-bond acceptors (Lipinski definition) is 4. The summed E-state index contributed by atoms with van der Waals surface area (Å²) >= 11 is 0. The maximum atomic E-state index is 11.3. The van der Waals surface area contributed by atoms with Crippen LogP contribution in [0.3, 0.4) is 0 Å². The van der Waals surface area contributed by atoms with E-state index in [0.717, 1.165) is 18.8 Å². The molecule has 1 aliphatic rings. The molecule has 0 aliphatic carbocycles. The third-order valence-electron chi connectivity index (χ3n) is 3.52. The van der Waals surface area contributed by atoms with Crippen LogP contribution in [-0.4, -0.2) is 28.4 Å². The molecule has 18 heavy (non-hydrogen) atoms. The van der Waals surface area contributed by atoms with Crippen LogP contribution in [0.15, 0.2) is 18.3 Å². The quantitative estimate of drug-likeness (QED) is 0.476. The van der Waals surface area contributed by atoms with Crippen molar-refractivity contribution >= 4 is 5.91 Å². The Labute approximate surface area is 107 Å². The molecule has 0 aromatic carbocycles. The van der Waals surface area contributed by atoms with E-state index in [1.165, 1.54) is 19.3 Å². The second-order valence-corrected chi connectivity index (χ2v) is 4.83. The number of amides is 1. The number of pyridine rings is 1. The monoisotopic (exact) mass is 248 g/mol. The molecule has 5 heteroatoms. The van der Waals surface area contributed by atoms with Gasteiger partial charge in [-0.2, -0.15) is 0 Å². The number of hydrazine groups is 1. The van der Waals surface area contributed by atoms with Crippen LogP contribution in [0.25, 0.3) is 0 Å². The number of nitrogen functional groups attached to an aromatic ring is 1. The molecule has 98 valence electrons. The van der Waals surface area contributed by atoms with Gasteiger partial charge >= 0.3 is 0 Å². The molecule has 0 saturated carbocycles. The minimum Gasteiger partial charge on any atom is -0.295 e. The van der Waals surface area contributed by atoms with Crippen LogP contribution >= 0.6 is 0 Å². The third kappa shape index (κ3) is 3.05. The fourth-order valence-electron chi connectivity index (χ4n) is 2.34. The van der Waals surface area contributed by atoms with Crippen molar-refractivity contribution in [3.63, 3.8) is 0 Å². The lowest BCUT2D eigenvalue weighted by Gasteiger charge is -2.32. The molecule has 1 saturated heterocycles. The minimum absolute atomic E-state index is 0.305. The van der Waals surface area contributed by atoms with Crippen molar-refractivity contribution in [2.24, 2.45) is 5.84 Å². The number of hydrogen-bond donors (Lipinski definition) is 2. The summed E-state index contributed by atoms with van der Waals surface area (Å²) in [4.78, 5) is 18.0. The van der Waals surface area contributed by atoms with E-state index < -0.39 is 0 Å². The Morgan fingerprint density at radius 2 is 2.39 bits per heavy atom. The Kier molecular flexibility index (Phi) is 4.28. The van der Waals surface area contributed by atoms with Gasteiger partial charge in [0.2, 0.25) is 0 Å². The molecule has 1 atom stereocenters. The van der Waals surface area contributed by atoms with Crippen LogP contribution in [0.2, 0.25) is 0 Å². The van der Waals surface area contributed by atoms with Crippen LogP contribution in [-0.2, 0) is 6.54 Å². The zero-order valence-electron chi connectivity index (χ0n) is 10.7. The minimum atomic E-state index is -0.305. The average molecular weight is 248 g/mol. The van der Waals surface area contributed by atoms with Crippen LogP contribution in [0.4, 0.5) is 0 Å². The van der Waals surface area contributed by atoms with E-state index in [4.69, 9.17) is 5.84 Å². The van der Waals surface area contributed by atoms with Crippen LogP contribution in [0.5, 0.6) is 0 Å². The molecular formula is C13H20N4O. The van der Waals surface area contributed by atoms with E-state index in [9.17, 15) is 4.79 Å². The van der Waals surface area contributed by atoms with E-state index >= 15 is 0 Å². The molecule has 2 rings (SSSR count). The number of carbonyl (C=O) groups is 1. The summed E-state index contributed by atoms with van der Waals surface area (Å²) in [5, 5.41) is 0. The third-order valence-corrected chi connectivity index (χ3v) is 3.52. The number of piperidine rings is 1. The Morgan fingerprint density at radius 1 is 1.56 bits per heavy atom. The number of nitrogens with two attached hydrogens (primary N) is 1. The summed E-state index contributed by atoms with van der Waals surface area (Å²) in [5.41, 5.74) is 3.59. The molecule has 1 aromatic heterocycles. The zero-order chi connectivity index (χ0) is 13.0. The van der Waals surface area contributed by atoms with Gasteiger partial charge in [-0.1, -0.05) is 6.42 Å². The van der Waals surface area contributed by atoms with Gasteiger partial charge in [0.05, 0.1) is 11.3 Å². The maximum Gasteiger partial charge on any atom is 0.266 e. The molecule has 2 heterocycles. The number of likely N-dealkylation sites (tertiary alicyclic amines) is 1. The molecule has 1 amide bonds. The number of aromatic nitrogens is 1. The van der Waals surface area contributed by atoms with E-state index in [-0.39, 0.29) is 5.91 Å². The molecule has 0 bridgehead atoms. The molecule has 0 spiro atoms. The fraction of sp³-hybridized carbons (Fsp3) is 0.538. The van der Waals surface area contributed by atoms with Gasteiger partial charge < -0.3 is 0 Å². The van der Waals surface area contributed by atoms with Crippen LogP contribution in [0, 0.1) is 0 Å². The Bertz CT molecular complexity index is 404. The van der Waals surface area contributed by atoms with Gasteiger partial charge in [-0.25, -0.2) is 5.84 Å². The van der Waals surface area contributed by atoms with Crippen molar-refractivity contribution in [3.8, 4) is 0 Å². The summed E-state index contributed by atoms with van der Waals surface area (Å²) in [6, 6.07) is 4.28. The number of nitrogens with zero attached hydrogens (tertiary/aromatic N) is 2. The van der Waals surface area contributed by atoms with Crippen LogP contribution in [0.1, 0.15) is 42.2 Å². The highest BCUT2D eigenvalue weighted by Gasteiger charge is 2.18. The highest BCUT2D eigenvalue weighted by Crippen LogP contribution is 2.18. The standard InChI is InChI=1S/C13H20N4O/c1-10-4-2-3-7-17(10)9-12-6-5-11(8-15-12)13(18)16-14/h5-6,8,10H,2-4,7,9,14H2,1H3,(H,16,18).